The number of fused-ring (bicyclic) bond motifs is 5. The van der Waals surface area contributed by atoms with Crippen molar-refractivity contribution < 1.29 is 19.1 Å². The normalized spacial score (nSPS) is 43.2. The molecule has 8 atom stereocenters. The van der Waals surface area contributed by atoms with E-state index in [-0.39, 0.29) is 34.7 Å². The lowest BCUT2D eigenvalue weighted by molar-refractivity contribution is -0.164. The minimum absolute atomic E-state index is 0.0108. The number of rotatable bonds is 4. The zero-order valence-corrected chi connectivity index (χ0v) is 23.8. The molecule has 192 valence electrons. The molecule has 1 aromatic carbocycles. The van der Waals surface area contributed by atoms with Crippen molar-refractivity contribution in [2.24, 2.45) is 28.6 Å². The van der Waals surface area contributed by atoms with E-state index in [0.29, 0.717) is 18.4 Å². The van der Waals surface area contributed by atoms with Crippen LogP contribution in [0.1, 0.15) is 56.8 Å². The molecule has 3 fully saturated rings. The molecule has 0 N–H and O–H groups in total. The Bertz CT molecular complexity index is 1180. The van der Waals surface area contributed by atoms with Crippen LogP contribution in [0.3, 0.4) is 0 Å². The average molecular weight is 594 g/mol. The predicted molar refractivity (Wildman–Crippen MR) is 145 cm³/mol. The lowest BCUT2D eigenvalue weighted by atomic mass is 9.46. The van der Waals surface area contributed by atoms with Crippen LogP contribution in [-0.4, -0.2) is 38.7 Å². The van der Waals surface area contributed by atoms with E-state index in [0.717, 1.165) is 18.4 Å². The van der Waals surface area contributed by atoms with E-state index < -0.39 is 32.7 Å². The molecule has 0 heterocycles. The molecule has 0 bridgehead atoms. The third kappa shape index (κ3) is 3.27. The van der Waals surface area contributed by atoms with Crippen molar-refractivity contribution in [3.8, 4) is 0 Å². The lowest BCUT2D eigenvalue weighted by Gasteiger charge is -2.64. The fourth-order valence-corrected chi connectivity index (χ4v) is 9.86. The Morgan fingerprint density at radius 2 is 1.86 bits per heavy atom. The second-order valence-corrected chi connectivity index (χ2v) is 13.1. The number of benzene rings is 1. The minimum Gasteiger partial charge on any atom is -0.447 e. The van der Waals surface area contributed by atoms with E-state index in [2.05, 4.69) is 29.8 Å². The molecule has 5 rings (SSSR count). The van der Waals surface area contributed by atoms with E-state index in [9.17, 15) is 14.4 Å². The highest BCUT2D eigenvalue weighted by molar-refractivity contribution is 9.09. The Morgan fingerprint density at radius 3 is 2.53 bits per heavy atom. The van der Waals surface area contributed by atoms with Crippen LogP contribution in [0, 0.1) is 28.6 Å². The number of esters is 1. The van der Waals surface area contributed by atoms with E-state index >= 15 is 0 Å². The minimum atomic E-state index is -1.32. The third-order valence-corrected chi connectivity index (χ3v) is 12.0. The van der Waals surface area contributed by atoms with Gasteiger partial charge in [-0.15, -0.1) is 23.2 Å². The summed E-state index contributed by atoms with van der Waals surface area (Å²) in [6.07, 6.45) is 7.91. The maximum absolute atomic E-state index is 13.8. The molecule has 7 heteroatoms. The molecule has 4 aliphatic rings. The number of carbonyl (C=O) groups excluding carboxylic acids is 3. The van der Waals surface area contributed by atoms with E-state index in [1.54, 1.807) is 36.4 Å². The van der Waals surface area contributed by atoms with Crippen molar-refractivity contribution >= 4 is 56.7 Å². The van der Waals surface area contributed by atoms with Crippen molar-refractivity contribution in [3.63, 3.8) is 0 Å². The first-order valence-electron chi connectivity index (χ1n) is 12.6. The smallest absolute Gasteiger partial charge is 0.339 e. The van der Waals surface area contributed by atoms with Crippen molar-refractivity contribution in [3.05, 3.63) is 59.7 Å². The van der Waals surface area contributed by atoms with Crippen LogP contribution >= 0.6 is 39.1 Å². The second kappa shape index (κ2) is 8.81. The lowest BCUT2D eigenvalue weighted by Crippen LogP contribution is -2.68. The number of allylic oxidation sites excluding steroid dienone is 4. The summed E-state index contributed by atoms with van der Waals surface area (Å²) in [7, 11) is 0. The first-order valence-corrected chi connectivity index (χ1v) is 14.5. The summed E-state index contributed by atoms with van der Waals surface area (Å²) >= 11 is 18.3. The number of hydrogen-bond acceptors (Lipinski definition) is 4. The molecular weight excluding hydrogens is 563 g/mol. The number of carbonyl (C=O) groups is 3. The molecule has 0 amide bonds. The molecule has 36 heavy (non-hydrogen) atoms. The Labute approximate surface area is 230 Å². The monoisotopic (exact) mass is 592 g/mol. The summed E-state index contributed by atoms with van der Waals surface area (Å²) in [5.74, 6) is -0.846. The summed E-state index contributed by atoms with van der Waals surface area (Å²) in [5, 5.41) is -0.416. The van der Waals surface area contributed by atoms with Crippen LogP contribution in [-0.2, 0) is 14.3 Å². The van der Waals surface area contributed by atoms with Gasteiger partial charge >= 0.3 is 5.97 Å². The molecular formula is C29H31BrCl2O4. The van der Waals surface area contributed by atoms with Gasteiger partial charge in [-0.05, 0) is 61.8 Å². The maximum Gasteiger partial charge on any atom is 0.339 e. The Hall–Kier alpha value is -1.43. The fourth-order valence-electron chi connectivity index (χ4n) is 8.21. The van der Waals surface area contributed by atoms with Crippen LogP contribution in [0.4, 0.5) is 0 Å². The van der Waals surface area contributed by atoms with Gasteiger partial charge in [-0.3, -0.25) is 9.59 Å². The quantitative estimate of drug-likeness (QED) is 0.289. The van der Waals surface area contributed by atoms with Crippen LogP contribution in [0.5, 0.6) is 0 Å². The van der Waals surface area contributed by atoms with Gasteiger partial charge < -0.3 is 4.74 Å². The Balaban J connectivity index is 1.61. The standard InChI is InChI=1S/C29H31BrCl2O4/c1-17-13-22-21-10-9-19-14-20(33)11-12-26(19,2)28(21,32)23(31)15-27(22,3)29(17,24(34)16-30)36-25(35)18-7-5-4-6-8-18/h4-8,11-12,14,17,21-23H,9-10,13,15-16H2,1-3H3/t17-,21+,22+,23+,26+,27+,28+,29-/m1/s1. The molecule has 1 aromatic rings. The SMILES string of the molecule is C[C@@H]1C[C@H]2[C@@H]3CCC4=CC(=O)C=C[C@]4(C)[C@@]3(Cl)[C@@H](Cl)C[C@]2(C)[C@]1(OC(=O)c1ccccc1)C(=O)CBr. The van der Waals surface area contributed by atoms with Crippen LogP contribution in [0.15, 0.2) is 54.1 Å². The molecule has 0 radical (unpaired) electrons. The van der Waals surface area contributed by atoms with Crippen molar-refractivity contribution in [1.29, 1.82) is 0 Å². The van der Waals surface area contributed by atoms with Gasteiger partial charge in [0.15, 0.2) is 17.2 Å². The van der Waals surface area contributed by atoms with Crippen LogP contribution in [0.2, 0.25) is 0 Å². The zero-order valence-electron chi connectivity index (χ0n) is 20.7. The highest BCUT2D eigenvalue weighted by atomic mass is 79.9. The van der Waals surface area contributed by atoms with Crippen LogP contribution in [0.25, 0.3) is 0 Å². The number of alkyl halides is 3. The molecule has 4 aliphatic carbocycles. The van der Waals surface area contributed by atoms with Gasteiger partial charge in [0.1, 0.15) is 0 Å². The molecule has 0 aromatic heterocycles. The first kappa shape index (κ1) is 26.2. The zero-order chi connectivity index (χ0) is 26.1. The highest BCUT2D eigenvalue weighted by Crippen LogP contribution is 2.73. The fraction of sp³-hybridized carbons (Fsp3) is 0.552. The number of ether oxygens (including phenoxy) is 1. The molecule has 0 unspecified atom stereocenters. The predicted octanol–water partition coefficient (Wildman–Crippen LogP) is 6.68. The van der Waals surface area contributed by atoms with Gasteiger partial charge in [0.2, 0.25) is 0 Å². The van der Waals surface area contributed by atoms with Crippen molar-refractivity contribution in [1.82, 2.24) is 0 Å². The first-order chi connectivity index (χ1) is 17.0. The van der Waals surface area contributed by atoms with Crippen LogP contribution < -0.4 is 0 Å². The summed E-state index contributed by atoms with van der Waals surface area (Å²) in [6, 6.07) is 8.81. The number of hydrogen-bond donors (Lipinski definition) is 0. The Morgan fingerprint density at radius 1 is 1.17 bits per heavy atom. The topological polar surface area (TPSA) is 60.4 Å². The molecule has 0 saturated heterocycles. The van der Waals surface area contributed by atoms with E-state index in [1.165, 1.54) is 0 Å². The average Bonchev–Trinajstić information content (AvgIpc) is 3.07. The summed E-state index contributed by atoms with van der Waals surface area (Å²) in [4.78, 5) is 38.5. The van der Waals surface area contributed by atoms with Gasteiger partial charge in [-0.1, -0.05) is 66.5 Å². The number of halogens is 3. The van der Waals surface area contributed by atoms with Gasteiger partial charge in [0.25, 0.3) is 0 Å². The highest BCUT2D eigenvalue weighted by Gasteiger charge is 2.76. The maximum atomic E-state index is 13.8. The van der Waals surface area contributed by atoms with Crippen molar-refractivity contribution in [2.75, 3.05) is 5.33 Å². The van der Waals surface area contributed by atoms with Gasteiger partial charge in [0.05, 0.1) is 21.1 Å². The van der Waals surface area contributed by atoms with Gasteiger partial charge in [-0.2, -0.15) is 0 Å². The molecule has 4 nitrogen and oxygen atoms in total. The summed E-state index contributed by atoms with van der Waals surface area (Å²) in [6.45, 7) is 6.17. The summed E-state index contributed by atoms with van der Waals surface area (Å²) in [5.41, 5.74) is -1.13. The van der Waals surface area contributed by atoms with Gasteiger partial charge in [-0.25, -0.2) is 4.79 Å². The number of Topliss-reactive ketones (excluding diaryl/α,β-unsaturated/α-hetero) is 1. The third-order valence-electron chi connectivity index (χ3n) is 9.94. The largest absolute Gasteiger partial charge is 0.447 e. The van der Waals surface area contributed by atoms with E-state index in [4.69, 9.17) is 27.9 Å². The summed E-state index contributed by atoms with van der Waals surface area (Å²) < 4.78 is 6.34. The number of ketones is 2. The molecule has 0 aliphatic heterocycles. The Kier molecular flexibility index (Phi) is 6.41. The van der Waals surface area contributed by atoms with Gasteiger partial charge in [0, 0.05) is 16.7 Å². The second-order valence-electron chi connectivity index (χ2n) is 11.4. The molecule has 0 spiro atoms. The van der Waals surface area contributed by atoms with E-state index in [1.807, 2.05) is 19.1 Å². The molecule has 3 saturated carbocycles. The van der Waals surface area contributed by atoms with Crippen molar-refractivity contribution in [2.45, 2.75) is 62.3 Å².